The Kier molecular flexibility index (Phi) is 5.12. The van der Waals surface area contributed by atoms with Crippen LogP contribution in [0, 0.1) is 20.8 Å². The van der Waals surface area contributed by atoms with E-state index in [1.165, 1.54) is 6.92 Å². The molecule has 0 fully saturated rings. The van der Waals surface area contributed by atoms with E-state index in [0.29, 0.717) is 17.8 Å². The molecule has 3 heterocycles. The Morgan fingerprint density at radius 2 is 1.93 bits per heavy atom. The second kappa shape index (κ2) is 7.34. The molecular weight excluding hydrogens is 342 g/mol. The summed E-state index contributed by atoms with van der Waals surface area (Å²) in [6, 6.07) is 3.83. The molecule has 142 valence electrons. The molecule has 0 aliphatic heterocycles. The summed E-state index contributed by atoms with van der Waals surface area (Å²) in [5, 5.41) is 7.36. The van der Waals surface area contributed by atoms with E-state index in [1.807, 2.05) is 56.6 Å². The van der Waals surface area contributed by atoms with Crippen molar-refractivity contribution < 1.29 is 9.59 Å². The first-order valence-electron chi connectivity index (χ1n) is 9.04. The third-order valence-electron chi connectivity index (χ3n) is 4.69. The average Bonchev–Trinajstić information content (AvgIpc) is 3.12. The number of pyridine rings is 1. The summed E-state index contributed by atoms with van der Waals surface area (Å²) in [6.45, 7) is 9.55. The van der Waals surface area contributed by atoms with Crippen LogP contribution < -0.4 is 5.32 Å². The smallest absolute Gasteiger partial charge is 0.222 e. The van der Waals surface area contributed by atoms with Crippen LogP contribution in [0.1, 0.15) is 59.3 Å². The highest BCUT2D eigenvalue weighted by molar-refractivity contribution is 5.96. The molecule has 7 heteroatoms. The maximum absolute atomic E-state index is 12.4. The fraction of sp³-hybridized carbons (Fsp3) is 0.400. The minimum absolute atomic E-state index is 0.00464. The highest BCUT2D eigenvalue weighted by Gasteiger charge is 2.20. The van der Waals surface area contributed by atoms with Gasteiger partial charge in [-0.1, -0.05) is 6.07 Å². The van der Waals surface area contributed by atoms with E-state index in [4.69, 9.17) is 0 Å². The van der Waals surface area contributed by atoms with Crippen molar-refractivity contribution in [3.8, 4) is 0 Å². The first-order chi connectivity index (χ1) is 12.8. The molecule has 27 heavy (non-hydrogen) atoms. The third kappa shape index (κ3) is 3.92. The molecule has 0 aliphatic rings. The summed E-state index contributed by atoms with van der Waals surface area (Å²) in [5.74, 6) is -0.0809. The number of aromatic nitrogens is 4. The van der Waals surface area contributed by atoms with E-state index in [2.05, 4.69) is 15.4 Å². The predicted octanol–water partition coefficient (Wildman–Crippen LogP) is 2.93. The number of hydrogen-bond acceptors (Lipinski definition) is 4. The van der Waals surface area contributed by atoms with Crippen LogP contribution in [0.5, 0.6) is 0 Å². The Labute approximate surface area is 158 Å². The van der Waals surface area contributed by atoms with Crippen molar-refractivity contribution in [2.24, 2.45) is 0 Å². The van der Waals surface area contributed by atoms with Crippen LogP contribution in [0.4, 0.5) is 0 Å². The molecule has 0 unspecified atom stereocenters. The number of hydrogen-bond donors (Lipinski definition) is 1. The molecule has 3 aromatic rings. The number of amides is 1. The molecule has 3 rings (SSSR count). The zero-order valence-electron chi connectivity index (χ0n) is 16.4. The molecule has 7 nitrogen and oxygen atoms in total. The number of rotatable bonds is 6. The lowest BCUT2D eigenvalue weighted by atomic mass is 10.1. The molecule has 1 atom stereocenters. The predicted molar refractivity (Wildman–Crippen MR) is 103 cm³/mol. The number of ketones is 1. The van der Waals surface area contributed by atoms with E-state index in [1.54, 1.807) is 4.68 Å². The van der Waals surface area contributed by atoms with Gasteiger partial charge < -0.3 is 9.72 Å². The van der Waals surface area contributed by atoms with Gasteiger partial charge in [-0.3, -0.25) is 14.3 Å². The molecule has 1 amide bonds. The lowest BCUT2D eigenvalue weighted by molar-refractivity contribution is -0.122. The standard InChI is InChI=1S/C20H25N5O2/c1-12-6-7-18-22-17(11-24(18)10-12)9-21-19(27)8-13(2)25-15(4)20(16(5)26)14(3)23-25/h6-7,10-11,13H,8-9H2,1-5H3,(H,21,27)/t13-/m1/s1. The SMILES string of the molecule is CC(=O)c1c(C)nn([C@H](C)CC(=O)NCc2cn3cc(C)ccc3n2)c1C. The average molecular weight is 367 g/mol. The number of imidazole rings is 1. The molecule has 0 bridgehead atoms. The quantitative estimate of drug-likeness (QED) is 0.679. The molecule has 0 spiro atoms. The van der Waals surface area contributed by atoms with Crippen LogP contribution in [0.25, 0.3) is 5.65 Å². The monoisotopic (exact) mass is 367 g/mol. The lowest BCUT2D eigenvalue weighted by Crippen LogP contribution is -2.26. The van der Waals surface area contributed by atoms with Crippen LogP contribution in [0.2, 0.25) is 0 Å². The van der Waals surface area contributed by atoms with E-state index in [-0.39, 0.29) is 24.2 Å². The highest BCUT2D eigenvalue weighted by Crippen LogP contribution is 2.20. The van der Waals surface area contributed by atoms with Crippen LogP contribution in [-0.4, -0.2) is 30.9 Å². The van der Waals surface area contributed by atoms with Gasteiger partial charge in [0.25, 0.3) is 0 Å². The molecular formula is C20H25N5O2. The van der Waals surface area contributed by atoms with Crippen molar-refractivity contribution in [3.63, 3.8) is 0 Å². The minimum Gasteiger partial charge on any atom is -0.350 e. The van der Waals surface area contributed by atoms with Gasteiger partial charge in [-0.25, -0.2) is 4.98 Å². The van der Waals surface area contributed by atoms with E-state index in [0.717, 1.165) is 22.6 Å². The van der Waals surface area contributed by atoms with Crippen LogP contribution in [-0.2, 0) is 11.3 Å². The van der Waals surface area contributed by atoms with Gasteiger partial charge in [0, 0.05) is 24.5 Å². The normalized spacial score (nSPS) is 12.3. The molecule has 0 saturated heterocycles. The first kappa shape index (κ1) is 18.8. The Morgan fingerprint density at radius 3 is 2.59 bits per heavy atom. The second-order valence-electron chi connectivity index (χ2n) is 7.08. The number of nitrogens with zero attached hydrogens (tertiary/aromatic N) is 4. The summed E-state index contributed by atoms with van der Waals surface area (Å²) in [7, 11) is 0. The van der Waals surface area contributed by atoms with Gasteiger partial charge in [0.2, 0.25) is 5.91 Å². The van der Waals surface area contributed by atoms with Crippen molar-refractivity contribution in [2.75, 3.05) is 0 Å². The maximum Gasteiger partial charge on any atom is 0.222 e. The van der Waals surface area contributed by atoms with Crippen molar-refractivity contribution >= 4 is 17.3 Å². The first-order valence-corrected chi connectivity index (χ1v) is 9.04. The number of carbonyl (C=O) groups excluding carboxylic acids is 2. The fourth-order valence-electron chi connectivity index (χ4n) is 3.46. The fourth-order valence-corrected chi connectivity index (χ4v) is 3.46. The number of nitrogens with one attached hydrogen (secondary N) is 1. The number of Topliss-reactive ketones (excluding diaryl/α,β-unsaturated/α-hetero) is 1. The minimum atomic E-state index is -0.138. The second-order valence-corrected chi connectivity index (χ2v) is 7.08. The van der Waals surface area contributed by atoms with Gasteiger partial charge in [-0.15, -0.1) is 0 Å². The van der Waals surface area contributed by atoms with Crippen molar-refractivity contribution in [2.45, 2.75) is 53.6 Å². The van der Waals surface area contributed by atoms with Crippen LogP contribution >= 0.6 is 0 Å². The van der Waals surface area contributed by atoms with E-state index < -0.39 is 0 Å². The maximum atomic E-state index is 12.4. The van der Waals surface area contributed by atoms with Gasteiger partial charge in [0.05, 0.1) is 29.5 Å². The van der Waals surface area contributed by atoms with Gasteiger partial charge >= 0.3 is 0 Å². The third-order valence-corrected chi connectivity index (χ3v) is 4.69. The van der Waals surface area contributed by atoms with Crippen LogP contribution in [0.3, 0.4) is 0 Å². The van der Waals surface area contributed by atoms with E-state index in [9.17, 15) is 9.59 Å². The molecule has 0 saturated carbocycles. The Balaban J connectivity index is 1.63. The van der Waals surface area contributed by atoms with Crippen molar-refractivity contribution in [1.29, 1.82) is 0 Å². The van der Waals surface area contributed by atoms with Gasteiger partial charge in [-0.2, -0.15) is 5.10 Å². The number of carbonyl (C=O) groups is 2. The number of aryl methyl sites for hydroxylation is 2. The van der Waals surface area contributed by atoms with Crippen molar-refractivity contribution in [1.82, 2.24) is 24.5 Å². The zero-order chi connectivity index (χ0) is 19.7. The zero-order valence-corrected chi connectivity index (χ0v) is 16.4. The van der Waals surface area contributed by atoms with Gasteiger partial charge in [-0.05, 0) is 46.2 Å². The summed E-state index contributed by atoms with van der Waals surface area (Å²) in [6.07, 6.45) is 4.21. The summed E-state index contributed by atoms with van der Waals surface area (Å²) in [5.41, 5.74) is 4.97. The Bertz CT molecular complexity index is 1010. The molecule has 3 aromatic heterocycles. The molecule has 0 aliphatic carbocycles. The topological polar surface area (TPSA) is 81.3 Å². The van der Waals surface area contributed by atoms with Crippen LogP contribution in [0.15, 0.2) is 24.5 Å². The van der Waals surface area contributed by atoms with Gasteiger partial charge in [0.1, 0.15) is 5.65 Å². The highest BCUT2D eigenvalue weighted by atomic mass is 16.1. The molecule has 1 N–H and O–H groups in total. The van der Waals surface area contributed by atoms with Crippen molar-refractivity contribution in [3.05, 3.63) is 52.7 Å². The largest absolute Gasteiger partial charge is 0.350 e. The van der Waals surface area contributed by atoms with E-state index >= 15 is 0 Å². The number of fused-ring (bicyclic) bond motifs is 1. The lowest BCUT2D eigenvalue weighted by Gasteiger charge is -2.14. The molecule has 0 radical (unpaired) electrons. The summed E-state index contributed by atoms with van der Waals surface area (Å²) < 4.78 is 3.72. The van der Waals surface area contributed by atoms with Gasteiger partial charge in [0.15, 0.2) is 5.78 Å². The Hall–Kier alpha value is -2.96. The summed E-state index contributed by atoms with van der Waals surface area (Å²) in [4.78, 5) is 28.6. The Morgan fingerprint density at radius 1 is 1.19 bits per heavy atom. The molecule has 0 aromatic carbocycles. The summed E-state index contributed by atoms with van der Waals surface area (Å²) >= 11 is 0.